The molecule has 0 aliphatic rings. The van der Waals surface area contributed by atoms with Gasteiger partial charge in [-0.2, -0.15) is 11.8 Å². The topological polar surface area (TPSA) is 84.1 Å². The maximum absolute atomic E-state index is 9.20. The van der Waals surface area contributed by atoms with Crippen molar-refractivity contribution in [2.75, 3.05) is 23.4 Å². The van der Waals surface area contributed by atoms with Crippen LogP contribution >= 0.6 is 11.8 Å². The van der Waals surface area contributed by atoms with Crippen molar-refractivity contribution in [3.63, 3.8) is 0 Å². The van der Waals surface area contributed by atoms with Crippen molar-refractivity contribution in [1.82, 2.24) is 9.97 Å². The highest BCUT2D eigenvalue weighted by molar-refractivity contribution is 7.98. The van der Waals surface area contributed by atoms with Gasteiger partial charge >= 0.3 is 0 Å². The molecule has 22 heavy (non-hydrogen) atoms. The summed E-state index contributed by atoms with van der Waals surface area (Å²) in [4.78, 5) is 9.17. The zero-order chi connectivity index (χ0) is 15.9. The molecule has 1 aromatic heterocycles. The van der Waals surface area contributed by atoms with Gasteiger partial charge in [-0.05, 0) is 36.9 Å². The number of hydrogen-bond donors (Lipinski definition) is 3. The highest BCUT2D eigenvalue weighted by Gasteiger charge is 2.09. The highest BCUT2D eigenvalue weighted by Crippen LogP contribution is 2.21. The summed E-state index contributed by atoms with van der Waals surface area (Å²) in [6, 6.07) is 9.41. The van der Waals surface area contributed by atoms with Crippen LogP contribution in [0.1, 0.15) is 19.5 Å². The average Bonchev–Trinajstić information content (AvgIpc) is 2.53. The summed E-state index contributed by atoms with van der Waals surface area (Å²) in [6.45, 7) is 4.09. The predicted molar refractivity (Wildman–Crippen MR) is 93.9 cm³/mol. The smallest absolute Gasteiger partial charge is 0.161 e. The van der Waals surface area contributed by atoms with E-state index in [1.807, 2.05) is 49.0 Å². The molecule has 2 rings (SSSR count). The Morgan fingerprint density at radius 3 is 2.64 bits per heavy atom. The van der Waals surface area contributed by atoms with Crippen molar-refractivity contribution in [3.8, 4) is 11.4 Å². The highest BCUT2D eigenvalue weighted by atomic mass is 32.2. The van der Waals surface area contributed by atoms with E-state index < -0.39 is 0 Å². The first-order chi connectivity index (χ1) is 10.6. The third kappa shape index (κ3) is 4.61. The van der Waals surface area contributed by atoms with Crippen molar-refractivity contribution in [2.45, 2.75) is 25.6 Å². The quantitative estimate of drug-likeness (QED) is 0.681. The van der Waals surface area contributed by atoms with E-state index in [4.69, 9.17) is 5.73 Å². The van der Waals surface area contributed by atoms with E-state index in [-0.39, 0.29) is 12.6 Å². The molecule has 0 unspecified atom stereocenters. The van der Waals surface area contributed by atoms with Gasteiger partial charge in [0.15, 0.2) is 5.82 Å². The second-order valence-electron chi connectivity index (χ2n) is 5.06. The lowest BCUT2D eigenvalue weighted by molar-refractivity contribution is 0.281. The third-order valence-corrected chi connectivity index (χ3v) is 3.98. The van der Waals surface area contributed by atoms with Gasteiger partial charge in [-0.25, -0.2) is 9.97 Å². The predicted octanol–water partition coefficient (Wildman–Crippen LogP) is 2.77. The summed E-state index contributed by atoms with van der Waals surface area (Å²) in [6.07, 6.45) is 0. The van der Waals surface area contributed by atoms with Gasteiger partial charge in [0, 0.05) is 29.1 Å². The Labute approximate surface area is 135 Å². The van der Waals surface area contributed by atoms with Crippen LogP contribution in [0.3, 0.4) is 0 Å². The Balaban J connectivity index is 2.34. The van der Waals surface area contributed by atoms with Gasteiger partial charge in [0.05, 0.1) is 12.3 Å². The number of hydrogen-bond acceptors (Lipinski definition) is 6. The zero-order valence-corrected chi connectivity index (χ0v) is 13.7. The van der Waals surface area contributed by atoms with Crippen LogP contribution in [0.2, 0.25) is 0 Å². The van der Waals surface area contributed by atoms with E-state index in [9.17, 15) is 5.11 Å². The van der Waals surface area contributed by atoms with Gasteiger partial charge in [0.1, 0.15) is 5.82 Å². The summed E-state index contributed by atoms with van der Waals surface area (Å²) in [5.74, 6) is 3.28. The van der Waals surface area contributed by atoms with Crippen molar-refractivity contribution in [2.24, 2.45) is 0 Å². The van der Waals surface area contributed by atoms with Crippen LogP contribution in [0, 0.1) is 0 Å². The Bertz CT molecular complexity index is 604. The number of benzene rings is 1. The lowest BCUT2D eigenvalue weighted by Gasteiger charge is -2.14. The van der Waals surface area contributed by atoms with Crippen LogP contribution in [0.25, 0.3) is 11.4 Å². The summed E-state index contributed by atoms with van der Waals surface area (Å²) in [5.41, 5.74) is 8.35. The molecule has 4 N–H and O–H groups in total. The van der Waals surface area contributed by atoms with E-state index in [2.05, 4.69) is 22.2 Å². The zero-order valence-electron chi connectivity index (χ0n) is 12.9. The molecular weight excluding hydrogens is 296 g/mol. The minimum Gasteiger partial charge on any atom is -0.399 e. The summed E-state index contributed by atoms with van der Waals surface area (Å²) in [7, 11) is 0. The van der Waals surface area contributed by atoms with Gasteiger partial charge in [-0.1, -0.05) is 6.92 Å². The van der Waals surface area contributed by atoms with Crippen molar-refractivity contribution in [3.05, 3.63) is 36.0 Å². The Hall–Kier alpha value is -1.79. The van der Waals surface area contributed by atoms with Gasteiger partial charge < -0.3 is 16.2 Å². The molecule has 0 aliphatic carbocycles. The summed E-state index contributed by atoms with van der Waals surface area (Å²) in [5, 5.41) is 12.4. The number of thioether (sulfide) groups is 1. The van der Waals surface area contributed by atoms with E-state index >= 15 is 0 Å². The first-order valence-corrected chi connectivity index (χ1v) is 8.47. The standard InChI is InChI=1S/C16H22N4OS/c1-3-22-10-14-8-15(18-11(2)9-21)20-16(19-14)12-4-6-13(17)7-5-12/h4-8,11,21H,3,9-10,17H2,1-2H3,(H,18,19,20)/t11-/m0/s1. The van der Waals surface area contributed by atoms with Crippen molar-refractivity contribution < 1.29 is 5.11 Å². The maximum atomic E-state index is 9.20. The molecule has 0 saturated carbocycles. The minimum atomic E-state index is -0.0548. The molecule has 5 nitrogen and oxygen atoms in total. The molecule has 0 spiro atoms. The monoisotopic (exact) mass is 318 g/mol. The number of anilines is 2. The van der Waals surface area contributed by atoms with Gasteiger partial charge in [0.2, 0.25) is 0 Å². The second-order valence-corrected chi connectivity index (χ2v) is 6.33. The van der Waals surface area contributed by atoms with Gasteiger partial charge in [0.25, 0.3) is 0 Å². The first-order valence-electron chi connectivity index (χ1n) is 7.31. The molecule has 0 aliphatic heterocycles. The van der Waals surface area contributed by atoms with E-state index in [1.54, 1.807) is 0 Å². The lowest BCUT2D eigenvalue weighted by Crippen LogP contribution is -2.20. The SMILES string of the molecule is CCSCc1cc(N[C@@H](C)CO)nc(-c2ccc(N)cc2)n1. The summed E-state index contributed by atoms with van der Waals surface area (Å²) >= 11 is 1.81. The Morgan fingerprint density at radius 1 is 1.27 bits per heavy atom. The van der Waals surface area contributed by atoms with Crippen LogP contribution in [0.5, 0.6) is 0 Å². The second kappa shape index (κ2) is 8.00. The number of rotatable bonds is 7. The fraction of sp³-hybridized carbons (Fsp3) is 0.375. The van der Waals surface area contributed by atoms with Crippen molar-refractivity contribution >= 4 is 23.3 Å². The largest absolute Gasteiger partial charge is 0.399 e. The molecule has 0 radical (unpaired) electrons. The molecule has 0 saturated heterocycles. The average molecular weight is 318 g/mol. The van der Waals surface area contributed by atoms with E-state index in [0.717, 1.165) is 28.6 Å². The first kappa shape index (κ1) is 16.6. The van der Waals surface area contributed by atoms with Crippen LogP contribution in [0.15, 0.2) is 30.3 Å². The molecule has 0 fully saturated rings. The molecule has 118 valence electrons. The Kier molecular flexibility index (Phi) is 6.03. The number of nitrogen functional groups attached to an aromatic ring is 1. The lowest BCUT2D eigenvalue weighted by atomic mass is 10.2. The number of nitrogens with two attached hydrogens (primary N) is 1. The number of nitrogens with zero attached hydrogens (tertiary/aromatic N) is 2. The van der Waals surface area contributed by atoms with E-state index in [1.165, 1.54) is 0 Å². The van der Waals surface area contributed by atoms with Crippen LogP contribution in [-0.2, 0) is 5.75 Å². The Morgan fingerprint density at radius 2 is 2.00 bits per heavy atom. The van der Waals surface area contributed by atoms with Gasteiger partial charge in [-0.15, -0.1) is 0 Å². The molecule has 1 atom stereocenters. The molecule has 0 amide bonds. The maximum Gasteiger partial charge on any atom is 0.161 e. The number of aliphatic hydroxyl groups is 1. The van der Waals surface area contributed by atoms with Crippen molar-refractivity contribution in [1.29, 1.82) is 0 Å². The van der Waals surface area contributed by atoms with Crippen LogP contribution in [-0.4, -0.2) is 33.5 Å². The molecule has 6 heteroatoms. The third-order valence-electron chi connectivity index (χ3n) is 3.07. The molecule has 1 heterocycles. The fourth-order valence-electron chi connectivity index (χ4n) is 1.91. The molecule has 0 bridgehead atoms. The summed E-state index contributed by atoms with van der Waals surface area (Å²) < 4.78 is 0. The molecule has 1 aromatic carbocycles. The number of aliphatic hydroxyl groups excluding tert-OH is 1. The minimum absolute atomic E-state index is 0.0548. The number of aromatic nitrogens is 2. The molecule has 2 aromatic rings. The fourth-order valence-corrected chi connectivity index (χ4v) is 2.47. The van der Waals surface area contributed by atoms with Crippen LogP contribution in [0.4, 0.5) is 11.5 Å². The van der Waals surface area contributed by atoms with Crippen LogP contribution < -0.4 is 11.1 Å². The normalized spacial score (nSPS) is 12.1. The molecular formula is C16H22N4OS. The van der Waals surface area contributed by atoms with Gasteiger partial charge in [-0.3, -0.25) is 0 Å². The van der Waals surface area contributed by atoms with E-state index in [0.29, 0.717) is 11.5 Å². The number of nitrogens with one attached hydrogen (secondary N) is 1.